The van der Waals surface area contributed by atoms with E-state index in [0.717, 1.165) is 28.2 Å². The number of aryl methyl sites for hydroxylation is 1. The predicted octanol–water partition coefficient (Wildman–Crippen LogP) is 3.46. The first kappa shape index (κ1) is 22.1. The first-order valence-electron chi connectivity index (χ1n) is 10.7. The van der Waals surface area contributed by atoms with Crippen LogP contribution in [0.15, 0.2) is 48.8 Å². The summed E-state index contributed by atoms with van der Waals surface area (Å²) >= 11 is 1.13. The van der Waals surface area contributed by atoms with Crippen LogP contribution in [0, 0.1) is 12.3 Å². The lowest BCUT2D eigenvalue weighted by atomic mass is 9.72. The molecule has 3 heterocycles. The van der Waals surface area contributed by atoms with E-state index in [4.69, 9.17) is 0 Å². The van der Waals surface area contributed by atoms with Crippen LogP contribution in [0.5, 0.6) is 0 Å². The predicted molar refractivity (Wildman–Crippen MR) is 124 cm³/mol. The van der Waals surface area contributed by atoms with E-state index >= 15 is 0 Å². The van der Waals surface area contributed by atoms with Gasteiger partial charge in [0.05, 0.1) is 11.1 Å². The molecule has 0 radical (unpaired) electrons. The Hall–Kier alpha value is -3.13. The van der Waals surface area contributed by atoms with Gasteiger partial charge in [0.2, 0.25) is 5.91 Å². The maximum absolute atomic E-state index is 13.3. The standard InChI is InChI=1S/C24H27N5O2S/c1-17-21(32-27-26-17)22(30)29-12-9-24(10-13-29,23(31)28(2)3)15-18-6-4-7-19(14-18)20-8-5-11-25-16-20/h4-8,11,14,16H,9-10,12-13,15H2,1-3H3. The Morgan fingerprint density at radius 2 is 1.88 bits per heavy atom. The van der Waals surface area contributed by atoms with Crippen molar-refractivity contribution in [1.82, 2.24) is 24.4 Å². The van der Waals surface area contributed by atoms with Gasteiger partial charge in [0.1, 0.15) is 4.88 Å². The molecule has 4 rings (SSSR count). The van der Waals surface area contributed by atoms with E-state index in [2.05, 4.69) is 32.8 Å². The lowest BCUT2D eigenvalue weighted by molar-refractivity contribution is -0.142. The molecule has 1 aromatic carbocycles. The number of pyridine rings is 1. The zero-order valence-corrected chi connectivity index (χ0v) is 19.4. The van der Waals surface area contributed by atoms with Crippen LogP contribution >= 0.6 is 11.5 Å². The number of piperidine rings is 1. The van der Waals surface area contributed by atoms with Gasteiger partial charge in [-0.25, -0.2) is 0 Å². The second kappa shape index (κ2) is 9.16. The minimum absolute atomic E-state index is 0.0398. The number of carbonyl (C=O) groups excluding carboxylic acids is 2. The van der Waals surface area contributed by atoms with Gasteiger partial charge in [0.25, 0.3) is 5.91 Å². The molecule has 0 spiro atoms. The van der Waals surface area contributed by atoms with E-state index in [1.807, 2.05) is 29.3 Å². The van der Waals surface area contributed by atoms with Crippen molar-refractivity contribution in [3.63, 3.8) is 0 Å². The van der Waals surface area contributed by atoms with Crippen molar-refractivity contribution >= 4 is 23.3 Å². The Morgan fingerprint density at radius 1 is 1.12 bits per heavy atom. The third kappa shape index (κ3) is 4.41. The second-order valence-electron chi connectivity index (χ2n) is 8.58. The van der Waals surface area contributed by atoms with Crippen molar-refractivity contribution in [3.8, 4) is 11.1 Å². The Labute approximate surface area is 192 Å². The highest BCUT2D eigenvalue weighted by Crippen LogP contribution is 2.38. The molecule has 166 valence electrons. The Kier molecular flexibility index (Phi) is 6.32. The van der Waals surface area contributed by atoms with Gasteiger partial charge in [-0.1, -0.05) is 34.8 Å². The summed E-state index contributed by atoms with van der Waals surface area (Å²) in [7, 11) is 3.61. The third-order valence-electron chi connectivity index (χ3n) is 6.18. The molecular weight excluding hydrogens is 422 g/mol. The minimum Gasteiger partial charge on any atom is -0.348 e. The minimum atomic E-state index is -0.533. The molecule has 1 aliphatic rings. The fourth-order valence-corrected chi connectivity index (χ4v) is 5.06. The van der Waals surface area contributed by atoms with Crippen LogP contribution in [0.3, 0.4) is 0 Å². The molecule has 0 unspecified atom stereocenters. The molecule has 2 aromatic heterocycles. The number of benzene rings is 1. The molecule has 8 heteroatoms. The Morgan fingerprint density at radius 3 is 2.50 bits per heavy atom. The van der Waals surface area contributed by atoms with Crippen molar-refractivity contribution in [3.05, 3.63) is 64.9 Å². The van der Waals surface area contributed by atoms with Crippen LogP contribution in [-0.4, -0.2) is 63.4 Å². The summed E-state index contributed by atoms with van der Waals surface area (Å²) in [5.74, 6) is 0.0778. The lowest BCUT2D eigenvalue weighted by Crippen LogP contribution is -2.51. The quantitative estimate of drug-likeness (QED) is 0.596. The highest BCUT2D eigenvalue weighted by atomic mass is 32.1. The van der Waals surface area contributed by atoms with Crippen LogP contribution < -0.4 is 0 Å². The summed E-state index contributed by atoms with van der Waals surface area (Å²) in [5, 5.41) is 3.96. The summed E-state index contributed by atoms with van der Waals surface area (Å²) in [5.41, 5.74) is 3.38. The first-order valence-corrected chi connectivity index (χ1v) is 11.5. The van der Waals surface area contributed by atoms with Gasteiger partial charge in [0, 0.05) is 39.6 Å². The molecular formula is C24H27N5O2S. The van der Waals surface area contributed by atoms with E-state index < -0.39 is 5.41 Å². The Balaban J connectivity index is 1.56. The van der Waals surface area contributed by atoms with Crippen molar-refractivity contribution in [2.75, 3.05) is 27.2 Å². The fraction of sp³-hybridized carbons (Fsp3) is 0.375. The van der Waals surface area contributed by atoms with Gasteiger partial charge in [-0.3, -0.25) is 14.6 Å². The molecule has 0 saturated carbocycles. The number of hydrogen-bond donors (Lipinski definition) is 0. The summed E-state index contributed by atoms with van der Waals surface area (Å²) in [4.78, 5) is 34.6. The van der Waals surface area contributed by atoms with Crippen LogP contribution in [-0.2, 0) is 11.2 Å². The molecule has 1 saturated heterocycles. The zero-order chi connectivity index (χ0) is 22.7. The lowest BCUT2D eigenvalue weighted by Gasteiger charge is -2.42. The molecule has 1 aliphatic heterocycles. The fourth-order valence-electron chi connectivity index (χ4n) is 4.43. The van der Waals surface area contributed by atoms with Gasteiger partial charge < -0.3 is 9.80 Å². The molecule has 0 N–H and O–H groups in total. The molecule has 7 nitrogen and oxygen atoms in total. The molecule has 3 aromatic rings. The SMILES string of the molecule is Cc1nnsc1C(=O)N1CCC(Cc2cccc(-c3cccnc3)c2)(C(=O)N(C)C)CC1. The highest BCUT2D eigenvalue weighted by Gasteiger charge is 2.43. The molecule has 2 amide bonds. The van der Waals surface area contributed by atoms with Crippen molar-refractivity contribution < 1.29 is 9.59 Å². The van der Waals surface area contributed by atoms with E-state index in [9.17, 15) is 9.59 Å². The van der Waals surface area contributed by atoms with E-state index in [-0.39, 0.29) is 11.8 Å². The number of carbonyl (C=O) groups is 2. The number of amides is 2. The maximum atomic E-state index is 13.3. The summed E-state index contributed by atoms with van der Waals surface area (Å²) in [6.45, 7) is 2.88. The van der Waals surface area contributed by atoms with E-state index in [0.29, 0.717) is 42.9 Å². The monoisotopic (exact) mass is 449 g/mol. The van der Waals surface area contributed by atoms with Crippen LogP contribution in [0.2, 0.25) is 0 Å². The molecule has 0 bridgehead atoms. The van der Waals surface area contributed by atoms with E-state index in [1.54, 1.807) is 32.1 Å². The summed E-state index contributed by atoms with van der Waals surface area (Å²) in [6, 6.07) is 12.3. The largest absolute Gasteiger partial charge is 0.348 e. The normalized spacial score (nSPS) is 15.4. The first-order chi connectivity index (χ1) is 15.4. The number of aromatic nitrogens is 3. The average molecular weight is 450 g/mol. The number of hydrogen-bond acceptors (Lipinski definition) is 6. The highest BCUT2D eigenvalue weighted by molar-refractivity contribution is 7.07. The van der Waals surface area contributed by atoms with Crippen molar-refractivity contribution in [1.29, 1.82) is 0 Å². The van der Waals surface area contributed by atoms with Crippen molar-refractivity contribution in [2.45, 2.75) is 26.2 Å². The topological polar surface area (TPSA) is 79.3 Å². The van der Waals surface area contributed by atoms with Crippen LogP contribution in [0.4, 0.5) is 0 Å². The number of nitrogens with zero attached hydrogens (tertiary/aromatic N) is 5. The van der Waals surface area contributed by atoms with Gasteiger partial charge in [-0.15, -0.1) is 5.10 Å². The number of rotatable bonds is 5. The smallest absolute Gasteiger partial charge is 0.267 e. The van der Waals surface area contributed by atoms with Gasteiger partial charge in [-0.2, -0.15) is 0 Å². The van der Waals surface area contributed by atoms with Gasteiger partial charge in [-0.05, 0) is 60.5 Å². The van der Waals surface area contributed by atoms with Gasteiger partial charge in [0.15, 0.2) is 0 Å². The molecule has 0 atom stereocenters. The van der Waals surface area contributed by atoms with Crippen LogP contribution in [0.1, 0.15) is 33.8 Å². The van der Waals surface area contributed by atoms with E-state index in [1.165, 1.54) is 0 Å². The average Bonchev–Trinajstić information content (AvgIpc) is 3.25. The van der Waals surface area contributed by atoms with Crippen LogP contribution in [0.25, 0.3) is 11.1 Å². The molecule has 0 aliphatic carbocycles. The third-order valence-corrected chi connectivity index (χ3v) is 6.99. The summed E-state index contributed by atoms with van der Waals surface area (Å²) < 4.78 is 3.89. The zero-order valence-electron chi connectivity index (χ0n) is 18.6. The second-order valence-corrected chi connectivity index (χ2v) is 9.33. The Bertz CT molecular complexity index is 1100. The summed E-state index contributed by atoms with van der Waals surface area (Å²) in [6.07, 6.45) is 5.49. The molecule has 1 fully saturated rings. The number of likely N-dealkylation sites (tertiary alicyclic amines) is 1. The van der Waals surface area contributed by atoms with Gasteiger partial charge >= 0.3 is 0 Å². The maximum Gasteiger partial charge on any atom is 0.267 e. The molecule has 32 heavy (non-hydrogen) atoms. The van der Waals surface area contributed by atoms with Crippen molar-refractivity contribution in [2.24, 2.45) is 5.41 Å².